The molecule has 2 N–H and O–H groups in total. The lowest BCUT2D eigenvalue weighted by Gasteiger charge is -2.14. The molecule has 1 aromatic carbocycles. The number of hydrogen-bond acceptors (Lipinski definition) is 2. The Hall–Kier alpha value is -1.84. The molecule has 0 radical (unpaired) electrons. The Morgan fingerprint density at radius 3 is 2.36 bits per heavy atom. The van der Waals surface area contributed by atoms with E-state index in [9.17, 15) is 9.59 Å². The van der Waals surface area contributed by atoms with Crippen molar-refractivity contribution in [2.45, 2.75) is 65.5 Å². The number of nitrogens with one attached hydrogen (secondary N) is 2. The van der Waals surface area contributed by atoms with Gasteiger partial charge in [-0.15, -0.1) is 0 Å². The molecule has 2 amide bonds. The van der Waals surface area contributed by atoms with E-state index in [2.05, 4.69) is 10.6 Å². The Balaban J connectivity index is 2.56. The van der Waals surface area contributed by atoms with Crippen LogP contribution >= 0.6 is 0 Å². The highest BCUT2D eigenvalue weighted by Crippen LogP contribution is 2.09. The molecule has 4 nitrogen and oxygen atoms in total. The van der Waals surface area contributed by atoms with Gasteiger partial charge in [-0.2, -0.15) is 0 Å². The summed E-state index contributed by atoms with van der Waals surface area (Å²) in [4.78, 5) is 23.4. The number of carbonyl (C=O) groups is 2. The van der Waals surface area contributed by atoms with Crippen LogP contribution in [0.15, 0.2) is 24.3 Å². The van der Waals surface area contributed by atoms with Crippen LogP contribution < -0.4 is 10.6 Å². The van der Waals surface area contributed by atoms with E-state index < -0.39 is 0 Å². The quantitative estimate of drug-likeness (QED) is 0.775. The van der Waals surface area contributed by atoms with Gasteiger partial charge in [-0.1, -0.05) is 31.2 Å². The highest BCUT2D eigenvalue weighted by atomic mass is 16.2. The van der Waals surface area contributed by atoms with Crippen LogP contribution in [0.1, 0.15) is 51.7 Å². The first-order chi connectivity index (χ1) is 10.4. The Labute approximate surface area is 133 Å². The Kier molecular flexibility index (Phi) is 7.64. The predicted octanol–water partition coefficient (Wildman–Crippen LogP) is 2.60. The third kappa shape index (κ3) is 7.25. The van der Waals surface area contributed by atoms with Crippen molar-refractivity contribution in [2.24, 2.45) is 0 Å². The lowest BCUT2D eigenvalue weighted by molar-refractivity contribution is -0.122. The lowest BCUT2D eigenvalue weighted by Crippen LogP contribution is -2.33. The molecule has 1 atom stereocenters. The van der Waals surface area contributed by atoms with Gasteiger partial charge in [-0.25, -0.2) is 0 Å². The number of hydrogen-bond donors (Lipinski definition) is 2. The first-order valence-electron chi connectivity index (χ1n) is 8.07. The molecule has 0 bridgehead atoms. The molecule has 0 aromatic heterocycles. The van der Waals surface area contributed by atoms with Crippen molar-refractivity contribution >= 4 is 11.8 Å². The van der Waals surface area contributed by atoms with Gasteiger partial charge in [0.05, 0.1) is 6.42 Å². The van der Waals surface area contributed by atoms with Crippen molar-refractivity contribution in [3.05, 3.63) is 35.4 Å². The van der Waals surface area contributed by atoms with Crippen LogP contribution in [0.2, 0.25) is 0 Å². The smallest absolute Gasteiger partial charge is 0.224 e. The molecular weight excluding hydrogens is 276 g/mol. The van der Waals surface area contributed by atoms with Gasteiger partial charge in [0.1, 0.15) is 0 Å². The summed E-state index contributed by atoms with van der Waals surface area (Å²) in [6.45, 7) is 7.91. The zero-order valence-corrected chi connectivity index (χ0v) is 14.1. The fourth-order valence-electron chi connectivity index (χ4n) is 2.40. The number of carbonyl (C=O) groups excluding carboxylic acids is 2. The molecule has 0 aliphatic rings. The average molecular weight is 304 g/mol. The van der Waals surface area contributed by atoms with E-state index in [1.807, 2.05) is 52.0 Å². The second kappa shape index (κ2) is 9.23. The zero-order valence-electron chi connectivity index (χ0n) is 14.1. The molecule has 1 aromatic rings. The highest BCUT2D eigenvalue weighted by molar-refractivity contribution is 5.78. The van der Waals surface area contributed by atoms with Crippen LogP contribution in [0.4, 0.5) is 0 Å². The maximum absolute atomic E-state index is 11.8. The zero-order chi connectivity index (χ0) is 16.5. The summed E-state index contributed by atoms with van der Waals surface area (Å²) in [6, 6.07) is 8.26. The summed E-state index contributed by atoms with van der Waals surface area (Å²) in [5.41, 5.74) is 2.14. The van der Waals surface area contributed by atoms with E-state index in [-0.39, 0.29) is 23.9 Å². The van der Waals surface area contributed by atoms with Crippen LogP contribution in [-0.4, -0.2) is 23.9 Å². The van der Waals surface area contributed by atoms with Crippen molar-refractivity contribution in [3.63, 3.8) is 0 Å². The standard InChI is InChI=1S/C18H28N2O2/c1-5-7-17(21)20-14(4)10-15-8-6-9-16(11-15)12-18(22)19-13(2)3/h6,8-9,11,13-14H,5,7,10,12H2,1-4H3,(H,19,22)(H,20,21). The molecule has 22 heavy (non-hydrogen) atoms. The third-order valence-electron chi connectivity index (χ3n) is 3.23. The Morgan fingerprint density at radius 1 is 1.05 bits per heavy atom. The van der Waals surface area contributed by atoms with E-state index in [1.54, 1.807) is 0 Å². The minimum atomic E-state index is 0.0384. The van der Waals surface area contributed by atoms with E-state index in [4.69, 9.17) is 0 Å². The molecule has 0 aliphatic heterocycles. The summed E-state index contributed by atoms with van der Waals surface area (Å²) in [5, 5.41) is 5.89. The van der Waals surface area contributed by atoms with Crippen molar-refractivity contribution in [1.29, 1.82) is 0 Å². The molecule has 4 heteroatoms. The lowest BCUT2D eigenvalue weighted by atomic mass is 10.0. The Bertz CT molecular complexity index is 498. The van der Waals surface area contributed by atoms with Gasteiger partial charge < -0.3 is 10.6 Å². The monoisotopic (exact) mass is 304 g/mol. The minimum absolute atomic E-state index is 0.0384. The summed E-state index contributed by atoms with van der Waals surface area (Å²) >= 11 is 0. The van der Waals surface area contributed by atoms with Gasteiger partial charge in [0.25, 0.3) is 0 Å². The molecule has 0 saturated heterocycles. The molecule has 0 spiro atoms. The molecule has 1 unspecified atom stereocenters. The van der Waals surface area contributed by atoms with E-state index in [1.165, 1.54) is 0 Å². The predicted molar refractivity (Wildman–Crippen MR) is 89.6 cm³/mol. The molecule has 0 heterocycles. The first-order valence-corrected chi connectivity index (χ1v) is 8.07. The highest BCUT2D eigenvalue weighted by Gasteiger charge is 2.09. The second-order valence-corrected chi connectivity index (χ2v) is 6.14. The number of benzene rings is 1. The topological polar surface area (TPSA) is 58.2 Å². The fraction of sp³-hybridized carbons (Fsp3) is 0.556. The van der Waals surface area contributed by atoms with Gasteiger partial charge in [-0.3, -0.25) is 9.59 Å². The van der Waals surface area contributed by atoms with Crippen LogP contribution in [0.5, 0.6) is 0 Å². The Morgan fingerprint density at radius 2 is 1.73 bits per heavy atom. The van der Waals surface area contributed by atoms with Crippen molar-refractivity contribution in [3.8, 4) is 0 Å². The molecular formula is C18H28N2O2. The molecule has 1 rings (SSSR count). The van der Waals surface area contributed by atoms with Gasteiger partial charge >= 0.3 is 0 Å². The van der Waals surface area contributed by atoms with E-state index in [0.29, 0.717) is 12.8 Å². The van der Waals surface area contributed by atoms with E-state index >= 15 is 0 Å². The molecule has 0 aliphatic carbocycles. The molecule has 122 valence electrons. The summed E-state index contributed by atoms with van der Waals surface area (Å²) < 4.78 is 0. The van der Waals surface area contributed by atoms with Crippen molar-refractivity contribution in [1.82, 2.24) is 10.6 Å². The van der Waals surface area contributed by atoms with Crippen LogP contribution in [0.3, 0.4) is 0 Å². The summed E-state index contributed by atoms with van der Waals surface area (Å²) in [7, 11) is 0. The maximum Gasteiger partial charge on any atom is 0.224 e. The average Bonchev–Trinajstić information content (AvgIpc) is 2.37. The van der Waals surface area contributed by atoms with Crippen molar-refractivity contribution in [2.75, 3.05) is 0 Å². The van der Waals surface area contributed by atoms with Gasteiger partial charge in [-0.05, 0) is 44.7 Å². The number of rotatable bonds is 8. The van der Waals surface area contributed by atoms with Crippen molar-refractivity contribution < 1.29 is 9.59 Å². The maximum atomic E-state index is 11.8. The third-order valence-corrected chi connectivity index (χ3v) is 3.23. The van der Waals surface area contributed by atoms with Crippen LogP contribution in [-0.2, 0) is 22.4 Å². The minimum Gasteiger partial charge on any atom is -0.354 e. The number of amides is 2. The van der Waals surface area contributed by atoms with Gasteiger partial charge in [0.15, 0.2) is 0 Å². The van der Waals surface area contributed by atoms with Gasteiger partial charge in [0.2, 0.25) is 11.8 Å². The molecule has 0 saturated carbocycles. The summed E-state index contributed by atoms with van der Waals surface area (Å²) in [6.07, 6.45) is 2.59. The normalized spacial score (nSPS) is 12.0. The van der Waals surface area contributed by atoms with Crippen LogP contribution in [0, 0.1) is 0 Å². The van der Waals surface area contributed by atoms with Gasteiger partial charge in [0, 0.05) is 18.5 Å². The first kappa shape index (κ1) is 18.2. The van der Waals surface area contributed by atoms with Crippen LogP contribution in [0.25, 0.3) is 0 Å². The van der Waals surface area contributed by atoms with E-state index in [0.717, 1.165) is 24.0 Å². The second-order valence-electron chi connectivity index (χ2n) is 6.14. The fourth-order valence-corrected chi connectivity index (χ4v) is 2.40. The SMILES string of the molecule is CCCC(=O)NC(C)Cc1cccc(CC(=O)NC(C)C)c1. The summed E-state index contributed by atoms with van der Waals surface area (Å²) in [5.74, 6) is 0.138. The molecule has 0 fully saturated rings. The largest absolute Gasteiger partial charge is 0.354 e.